The highest BCUT2D eigenvalue weighted by Gasteiger charge is 2.28. The second-order valence-electron chi connectivity index (χ2n) is 10.2. The SMILES string of the molecule is COc1ccc2c(c1)c(CC(=O)N[C@H](C(=O)Oc1ccc(NC(C)=O)cc1)C(C)C)c(C)n2C(=O)c1ccc(Cl)cc1. The van der Waals surface area contributed by atoms with Gasteiger partial charge in [-0.05, 0) is 85.1 Å². The number of anilines is 1. The Labute approximate surface area is 248 Å². The number of hydrogen-bond donors (Lipinski definition) is 2. The van der Waals surface area contributed by atoms with Gasteiger partial charge in [0.2, 0.25) is 11.8 Å². The van der Waals surface area contributed by atoms with Crippen molar-refractivity contribution in [2.75, 3.05) is 12.4 Å². The number of rotatable bonds is 9. The Hall–Kier alpha value is -4.63. The van der Waals surface area contributed by atoms with Crippen molar-refractivity contribution in [3.63, 3.8) is 0 Å². The zero-order valence-corrected chi connectivity index (χ0v) is 24.7. The Morgan fingerprint density at radius 1 is 0.929 bits per heavy atom. The quantitative estimate of drug-likeness (QED) is 0.195. The minimum absolute atomic E-state index is 0.0850. The van der Waals surface area contributed by atoms with Crippen molar-refractivity contribution in [3.05, 3.63) is 88.6 Å². The molecule has 9 nitrogen and oxygen atoms in total. The van der Waals surface area contributed by atoms with E-state index in [9.17, 15) is 19.2 Å². The fourth-order valence-electron chi connectivity index (χ4n) is 4.67. The molecule has 0 saturated carbocycles. The lowest BCUT2D eigenvalue weighted by atomic mass is 10.0. The number of ether oxygens (including phenoxy) is 2. The maximum atomic E-state index is 13.6. The van der Waals surface area contributed by atoms with Crippen molar-refractivity contribution in [2.24, 2.45) is 5.92 Å². The Balaban J connectivity index is 1.58. The number of hydrogen-bond acceptors (Lipinski definition) is 6. The second-order valence-corrected chi connectivity index (χ2v) is 10.6. The molecule has 0 radical (unpaired) electrons. The molecule has 4 rings (SSSR count). The zero-order valence-electron chi connectivity index (χ0n) is 24.0. The third-order valence-corrected chi connectivity index (χ3v) is 7.06. The molecule has 0 spiro atoms. The molecule has 0 aliphatic rings. The molecular formula is C32H32ClN3O6. The Kier molecular flexibility index (Phi) is 9.32. The third-order valence-electron chi connectivity index (χ3n) is 6.80. The number of halogens is 1. The molecule has 0 saturated heterocycles. The summed E-state index contributed by atoms with van der Waals surface area (Å²) in [7, 11) is 1.54. The van der Waals surface area contributed by atoms with Crippen molar-refractivity contribution in [2.45, 2.75) is 40.2 Å². The Morgan fingerprint density at radius 3 is 2.17 bits per heavy atom. The first-order chi connectivity index (χ1) is 20.0. The largest absolute Gasteiger partial charge is 0.497 e. The summed E-state index contributed by atoms with van der Waals surface area (Å²) in [5.41, 5.74) is 2.86. The van der Waals surface area contributed by atoms with Crippen molar-refractivity contribution in [1.82, 2.24) is 9.88 Å². The molecule has 0 aliphatic carbocycles. The van der Waals surface area contributed by atoms with Crippen molar-refractivity contribution < 1.29 is 28.7 Å². The van der Waals surface area contributed by atoms with E-state index >= 15 is 0 Å². The van der Waals surface area contributed by atoms with E-state index in [0.29, 0.717) is 44.2 Å². The predicted octanol–water partition coefficient (Wildman–Crippen LogP) is 5.55. The van der Waals surface area contributed by atoms with E-state index < -0.39 is 17.9 Å². The molecule has 2 N–H and O–H groups in total. The van der Waals surface area contributed by atoms with E-state index in [2.05, 4.69) is 10.6 Å². The summed E-state index contributed by atoms with van der Waals surface area (Å²) in [6.45, 7) is 6.79. The van der Waals surface area contributed by atoms with Gasteiger partial charge in [-0.3, -0.25) is 19.0 Å². The van der Waals surface area contributed by atoms with Gasteiger partial charge in [-0.2, -0.15) is 0 Å². The molecule has 3 aromatic carbocycles. The average Bonchev–Trinajstić information content (AvgIpc) is 3.22. The summed E-state index contributed by atoms with van der Waals surface area (Å²) in [5.74, 6) is -0.921. The number of esters is 1. The number of nitrogens with one attached hydrogen (secondary N) is 2. The van der Waals surface area contributed by atoms with Crippen LogP contribution in [0.2, 0.25) is 5.02 Å². The van der Waals surface area contributed by atoms with Crippen LogP contribution in [0.4, 0.5) is 5.69 Å². The van der Waals surface area contributed by atoms with Crippen LogP contribution in [0.5, 0.6) is 11.5 Å². The van der Waals surface area contributed by atoms with E-state index in [1.807, 2.05) is 0 Å². The van der Waals surface area contributed by atoms with E-state index in [1.165, 1.54) is 6.92 Å². The smallest absolute Gasteiger partial charge is 0.334 e. The summed E-state index contributed by atoms with van der Waals surface area (Å²) in [5, 5.41) is 6.66. The molecule has 0 unspecified atom stereocenters. The van der Waals surface area contributed by atoms with Crippen LogP contribution in [0.15, 0.2) is 66.7 Å². The van der Waals surface area contributed by atoms with Gasteiger partial charge in [-0.25, -0.2) is 4.79 Å². The standard InChI is InChI=1S/C32H32ClN3O6/c1-18(2)30(32(40)42-24-12-10-23(11-13-24)34-20(4)37)35-29(38)17-26-19(3)36(28-15-14-25(41-5)16-27(26)28)31(39)21-6-8-22(33)9-7-21/h6-16,18,30H,17H2,1-5H3,(H,34,37)(H,35,38)/t30-/m0/s1. The molecule has 42 heavy (non-hydrogen) atoms. The fourth-order valence-corrected chi connectivity index (χ4v) is 4.79. The van der Waals surface area contributed by atoms with Gasteiger partial charge in [0, 0.05) is 34.3 Å². The molecule has 1 heterocycles. The molecule has 218 valence electrons. The molecule has 0 aliphatic heterocycles. The predicted molar refractivity (Wildman–Crippen MR) is 161 cm³/mol. The van der Waals surface area contributed by atoms with Gasteiger partial charge in [0.1, 0.15) is 17.5 Å². The normalized spacial score (nSPS) is 11.7. The monoisotopic (exact) mass is 589 g/mol. The molecule has 0 bridgehead atoms. The van der Waals surface area contributed by atoms with Crippen LogP contribution < -0.4 is 20.1 Å². The maximum absolute atomic E-state index is 13.6. The van der Waals surface area contributed by atoms with Gasteiger partial charge in [0.05, 0.1) is 19.0 Å². The van der Waals surface area contributed by atoms with E-state index in [-0.39, 0.29) is 29.9 Å². The average molecular weight is 590 g/mol. The summed E-state index contributed by atoms with van der Waals surface area (Å²) < 4.78 is 12.5. The second kappa shape index (κ2) is 12.9. The number of carbonyl (C=O) groups excluding carboxylic acids is 4. The maximum Gasteiger partial charge on any atom is 0.334 e. The highest BCUT2D eigenvalue weighted by molar-refractivity contribution is 6.30. The number of aromatic nitrogens is 1. The minimum Gasteiger partial charge on any atom is -0.497 e. The number of fused-ring (bicyclic) bond motifs is 1. The molecule has 4 aromatic rings. The number of methoxy groups -OCH3 is 1. The summed E-state index contributed by atoms with van der Waals surface area (Å²) >= 11 is 6.01. The zero-order chi connectivity index (χ0) is 30.6. The fraction of sp³-hybridized carbons (Fsp3) is 0.250. The van der Waals surface area contributed by atoms with E-state index in [4.69, 9.17) is 21.1 Å². The van der Waals surface area contributed by atoms with Crippen LogP contribution in [0.3, 0.4) is 0 Å². The van der Waals surface area contributed by atoms with Crippen LogP contribution in [0.1, 0.15) is 42.4 Å². The van der Waals surface area contributed by atoms with Gasteiger partial charge in [0.25, 0.3) is 5.91 Å². The number of amides is 2. The Morgan fingerprint density at radius 2 is 1.57 bits per heavy atom. The lowest BCUT2D eigenvalue weighted by Gasteiger charge is -2.21. The lowest BCUT2D eigenvalue weighted by Crippen LogP contribution is -2.47. The highest BCUT2D eigenvalue weighted by Crippen LogP contribution is 2.31. The highest BCUT2D eigenvalue weighted by atomic mass is 35.5. The molecule has 0 fully saturated rings. The minimum atomic E-state index is -0.925. The van der Waals surface area contributed by atoms with Gasteiger partial charge >= 0.3 is 5.97 Å². The first-order valence-corrected chi connectivity index (χ1v) is 13.7. The van der Waals surface area contributed by atoms with E-state index in [0.717, 1.165) is 0 Å². The number of nitrogens with zero attached hydrogens (tertiary/aromatic N) is 1. The van der Waals surface area contributed by atoms with Crippen LogP contribution >= 0.6 is 11.6 Å². The first kappa shape index (κ1) is 30.3. The van der Waals surface area contributed by atoms with Crippen molar-refractivity contribution in [1.29, 1.82) is 0 Å². The van der Waals surface area contributed by atoms with Crippen LogP contribution in [0.25, 0.3) is 10.9 Å². The van der Waals surface area contributed by atoms with Crippen LogP contribution in [0, 0.1) is 12.8 Å². The van der Waals surface area contributed by atoms with Gasteiger partial charge < -0.3 is 20.1 Å². The molecular weight excluding hydrogens is 558 g/mol. The molecule has 1 atom stereocenters. The number of carbonyl (C=O) groups is 4. The molecule has 2 amide bonds. The number of benzene rings is 3. The lowest BCUT2D eigenvalue weighted by molar-refractivity contribution is -0.140. The van der Waals surface area contributed by atoms with Crippen molar-refractivity contribution >= 4 is 51.9 Å². The van der Waals surface area contributed by atoms with Gasteiger partial charge in [0.15, 0.2) is 0 Å². The third kappa shape index (κ3) is 6.80. The van der Waals surface area contributed by atoms with Gasteiger partial charge in [-0.15, -0.1) is 0 Å². The summed E-state index contributed by atoms with van der Waals surface area (Å²) in [6, 6.07) is 17.4. The Bertz CT molecular complexity index is 1640. The van der Waals surface area contributed by atoms with E-state index in [1.54, 1.807) is 99.2 Å². The van der Waals surface area contributed by atoms with Crippen LogP contribution in [-0.2, 0) is 20.8 Å². The van der Waals surface area contributed by atoms with Crippen LogP contribution in [-0.4, -0.2) is 41.4 Å². The van der Waals surface area contributed by atoms with Crippen molar-refractivity contribution in [3.8, 4) is 11.5 Å². The summed E-state index contributed by atoms with van der Waals surface area (Å²) in [4.78, 5) is 51.2. The summed E-state index contributed by atoms with van der Waals surface area (Å²) in [6.07, 6.45) is -0.0850. The molecule has 1 aromatic heterocycles. The van der Waals surface area contributed by atoms with Gasteiger partial charge in [-0.1, -0.05) is 25.4 Å². The topological polar surface area (TPSA) is 116 Å². The first-order valence-electron chi connectivity index (χ1n) is 13.4. The molecule has 10 heteroatoms.